The lowest BCUT2D eigenvalue weighted by molar-refractivity contribution is 0.0179. The van der Waals surface area contributed by atoms with Crippen LogP contribution in [0.3, 0.4) is 0 Å². The first-order valence-corrected chi connectivity index (χ1v) is 6.55. The molecule has 2 rings (SSSR count). The quantitative estimate of drug-likeness (QED) is 0.670. The molecule has 0 aromatic rings. The van der Waals surface area contributed by atoms with Crippen molar-refractivity contribution >= 4 is 0 Å². The molecule has 5 heteroatoms. The van der Waals surface area contributed by atoms with E-state index in [1.54, 1.807) is 0 Å². The average Bonchev–Trinajstić information content (AvgIpc) is 2.78. The summed E-state index contributed by atoms with van der Waals surface area (Å²) in [4.78, 5) is 4.90. The van der Waals surface area contributed by atoms with Crippen molar-refractivity contribution in [3.63, 3.8) is 0 Å². The van der Waals surface area contributed by atoms with E-state index in [1.165, 1.54) is 6.42 Å². The molecule has 0 radical (unpaired) electrons. The van der Waals surface area contributed by atoms with Gasteiger partial charge in [-0.15, -0.1) is 0 Å². The van der Waals surface area contributed by atoms with Crippen LogP contribution in [0.15, 0.2) is 0 Å². The first kappa shape index (κ1) is 13.2. The zero-order chi connectivity index (χ0) is 12.3. The van der Waals surface area contributed by atoms with Crippen LogP contribution in [0.25, 0.3) is 0 Å². The lowest BCUT2D eigenvalue weighted by Gasteiger charge is -2.33. The predicted molar refractivity (Wildman–Crippen MR) is 66.9 cm³/mol. The molecule has 0 aromatic carbocycles. The Bertz CT molecular complexity index is 242. The normalized spacial score (nSPS) is 31.6. The van der Waals surface area contributed by atoms with Gasteiger partial charge < -0.3 is 15.6 Å². The van der Waals surface area contributed by atoms with Crippen molar-refractivity contribution in [1.82, 2.24) is 9.80 Å². The number of morpholine rings is 1. The topological polar surface area (TPSA) is 62.0 Å². The number of aliphatic hydroxyl groups is 1. The van der Waals surface area contributed by atoms with Gasteiger partial charge in [0.15, 0.2) is 0 Å². The van der Waals surface area contributed by atoms with E-state index in [0.717, 1.165) is 45.9 Å². The molecule has 0 aliphatic carbocycles. The Morgan fingerprint density at radius 1 is 1.35 bits per heavy atom. The highest BCUT2D eigenvalue weighted by atomic mass is 16.5. The summed E-state index contributed by atoms with van der Waals surface area (Å²) in [5.41, 5.74) is 5.52. The Morgan fingerprint density at radius 3 is 2.71 bits per heavy atom. The number of likely N-dealkylation sites (tertiary alicyclic amines) is 1. The molecule has 17 heavy (non-hydrogen) atoms. The van der Waals surface area contributed by atoms with Gasteiger partial charge in [-0.3, -0.25) is 9.80 Å². The maximum absolute atomic E-state index is 9.19. The number of hydrogen-bond donors (Lipinski definition) is 2. The van der Waals surface area contributed by atoms with Crippen LogP contribution in [-0.4, -0.2) is 79.0 Å². The van der Waals surface area contributed by atoms with Crippen LogP contribution in [0.5, 0.6) is 0 Å². The van der Waals surface area contributed by atoms with Crippen LogP contribution >= 0.6 is 0 Å². The van der Waals surface area contributed by atoms with Crippen LogP contribution in [0.4, 0.5) is 0 Å². The molecule has 0 spiro atoms. The molecule has 2 unspecified atom stereocenters. The van der Waals surface area contributed by atoms with Gasteiger partial charge in [-0.1, -0.05) is 0 Å². The molecule has 0 bridgehead atoms. The first-order chi connectivity index (χ1) is 8.11. The summed E-state index contributed by atoms with van der Waals surface area (Å²) in [5.74, 6) is 0. The van der Waals surface area contributed by atoms with Crippen molar-refractivity contribution < 1.29 is 9.84 Å². The minimum absolute atomic E-state index is 0.0473. The first-order valence-electron chi connectivity index (χ1n) is 6.55. The van der Waals surface area contributed by atoms with Crippen molar-refractivity contribution in [1.29, 1.82) is 0 Å². The fourth-order valence-electron chi connectivity index (χ4n) is 2.76. The molecular weight excluding hydrogens is 218 g/mol. The second kappa shape index (κ2) is 5.63. The van der Waals surface area contributed by atoms with E-state index in [2.05, 4.69) is 9.80 Å². The largest absolute Gasteiger partial charge is 0.394 e. The van der Waals surface area contributed by atoms with Crippen molar-refractivity contribution in [2.24, 2.45) is 5.73 Å². The summed E-state index contributed by atoms with van der Waals surface area (Å²) in [5, 5.41) is 9.19. The summed E-state index contributed by atoms with van der Waals surface area (Å²) < 4.78 is 5.38. The van der Waals surface area contributed by atoms with Gasteiger partial charge >= 0.3 is 0 Å². The van der Waals surface area contributed by atoms with Crippen molar-refractivity contribution in [3.8, 4) is 0 Å². The van der Waals surface area contributed by atoms with E-state index in [0.29, 0.717) is 6.04 Å². The summed E-state index contributed by atoms with van der Waals surface area (Å²) >= 11 is 0. The van der Waals surface area contributed by atoms with E-state index >= 15 is 0 Å². The second-order valence-electron chi connectivity index (χ2n) is 5.64. The average molecular weight is 243 g/mol. The van der Waals surface area contributed by atoms with Crippen LogP contribution in [0.1, 0.15) is 13.3 Å². The fraction of sp³-hybridized carbons (Fsp3) is 1.00. The second-order valence-corrected chi connectivity index (χ2v) is 5.64. The fourth-order valence-corrected chi connectivity index (χ4v) is 2.76. The zero-order valence-electron chi connectivity index (χ0n) is 10.8. The summed E-state index contributed by atoms with van der Waals surface area (Å²) in [6.07, 6.45) is 1.21. The summed E-state index contributed by atoms with van der Waals surface area (Å²) in [7, 11) is 0. The standard InChI is InChI=1S/C12H25N3O2/c1-12(13,10-16)9-14-3-2-11(8-14)15-4-6-17-7-5-15/h11,16H,2-10,13H2,1H3. The number of nitrogens with zero attached hydrogens (tertiary/aromatic N) is 2. The van der Waals surface area contributed by atoms with E-state index in [-0.39, 0.29) is 6.61 Å². The van der Waals surface area contributed by atoms with Gasteiger partial charge in [0, 0.05) is 37.8 Å². The highest BCUT2D eigenvalue weighted by Crippen LogP contribution is 2.18. The van der Waals surface area contributed by atoms with Gasteiger partial charge in [-0.2, -0.15) is 0 Å². The van der Waals surface area contributed by atoms with Gasteiger partial charge in [0.05, 0.1) is 19.8 Å². The van der Waals surface area contributed by atoms with Crippen molar-refractivity contribution in [3.05, 3.63) is 0 Å². The van der Waals surface area contributed by atoms with Gasteiger partial charge in [-0.05, 0) is 19.9 Å². The molecule has 0 aromatic heterocycles. The van der Waals surface area contributed by atoms with Crippen LogP contribution in [-0.2, 0) is 4.74 Å². The molecule has 3 N–H and O–H groups in total. The third-order valence-electron chi connectivity index (χ3n) is 3.76. The maximum Gasteiger partial charge on any atom is 0.0621 e. The SMILES string of the molecule is CC(N)(CO)CN1CCC(N2CCOCC2)C1. The Balaban J connectivity index is 1.78. The molecule has 0 saturated carbocycles. The van der Waals surface area contributed by atoms with Crippen LogP contribution in [0.2, 0.25) is 0 Å². The number of hydrogen-bond acceptors (Lipinski definition) is 5. The number of aliphatic hydroxyl groups excluding tert-OH is 1. The Morgan fingerprint density at radius 2 is 2.06 bits per heavy atom. The molecule has 2 atom stereocenters. The lowest BCUT2D eigenvalue weighted by atomic mass is 10.1. The maximum atomic E-state index is 9.19. The van der Waals surface area contributed by atoms with E-state index in [1.807, 2.05) is 6.92 Å². The highest BCUT2D eigenvalue weighted by Gasteiger charge is 2.31. The number of rotatable bonds is 4. The number of ether oxygens (including phenoxy) is 1. The molecule has 2 saturated heterocycles. The molecular formula is C12H25N3O2. The van der Waals surface area contributed by atoms with Crippen LogP contribution in [0, 0.1) is 0 Å². The lowest BCUT2D eigenvalue weighted by Crippen LogP contribution is -2.51. The van der Waals surface area contributed by atoms with E-state index < -0.39 is 5.54 Å². The van der Waals surface area contributed by atoms with Gasteiger partial charge in [0.25, 0.3) is 0 Å². The highest BCUT2D eigenvalue weighted by molar-refractivity contribution is 4.89. The predicted octanol–water partition coefficient (Wildman–Crippen LogP) is -0.897. The minimum atomic E-state index is -0.472. The molecule has 2 heterocycles. The third-order valence-corrected chi connectivity index (χ3v) is 3.76. The Hall–Kier alpha value is -0.200. The number of nitrogens with two attached hydrogens (primary N) is 1. The van der Waals surface area contributed by atoms with Gasteiger partial charge in [0.2, 0.25) is 0 Å². The van der Waals surface area contributed by atoms with Gasteiger partial charge in [-0.25, -0.2) is 0 Å². The third kappa shape index (κ3) is 3.63. The van der Waals surface area contributed by atoms with Crippen molar-refractivity contribution in [2.75, 3.05) is 52.5 Å². The van der Waals surface area contributed by atoms with E-state index in [4.69, 9.17) is 10.5 Å². The minimum Gasteiger partial charge on any atom is -0.394 e. The van der Waals surface area contributed by atoms with E-state index in [9.17, 15) is 5.11 Å². The Labute approximate surface area is 104 Å². The summed E-state index contributed by atoms with van der Waals surface area (Å²) in [6.45, 7) is 8.74. The molecule has 2 aliphatic heterocycles. The molecule has 5 nitrogen and oxygen atoms in total. The van der Waals surface area contributed by atoms with Crippen LogP contribution < -0.4 is 5.73 Å². The zero-order valence-corrected chi connectivity index (χ0v) is 10.8. The smallest absolute Gasteiger partial charge is 0.0621 e. The molecule has 2 fully saturated rings. The monoisotopic (exact) mass is 243 g/mol. The van der Waals surface area contributed by atoms with Gasteiger partial charge in [0.1, 0.15) is 0 Å². The summed E-state index contributed by atoms with van der Waals surface area (Å²) in [6, 6.07) is 0.647. The van der Waals surface area contributed by atoms with Crippen molar-refractivity contribution in [2.45, 2.75) is 24.9 Å². The molecule has 0 amide bonds. The Kier molecular flexibility index (Phi) is 4.38. The molecule has 100 valence electrons. The molecule has 2 aliphatic rings.